The Balaban J connectivity index is 1.96. The van der Waals surface area contributed by atoms with Gasteiger partial charge in [-0.05, 0) is 48.7 Å². The van der Waals surface area contributed by atoms with Crippen LogP contribution in [0.5, 0.6) is 11.5 Å². The molecule has 0 unspecified atom stereocenters. The van der Waals surface area contributed by atoms with E-state index in [2.05, 4.69) is 5.32 Å². The Morgan fingerprint density at radius 2 is 1.79 bits per heavy atom. The number of allylic oxidation sites excluding steroid dienone is 1. The first kappa shape index (κ1) is 21.5. The molecular weight excluding hydrogens is 380 g/mol. The summed E-state index contributed by atoms with van der Waals surface area (Å²) in [5.74, 6) is 1.07. The molecule has 0 radical (unpaired) electrons. The van der Waals surface area contributed by atoms with E-state index >= 15 is 0 Å². The number of carbonyl (C=O) groups is 1. The number of ether oxygens (including phenoxy) is 2. The standard InChI is InChI=1S/C20H24N2O5S/c1-14(18-9-6-16(26-2)13-19(18)27-3)12-20(23)22-11-10-15-4-7-17(8-5-15)28(21,24)25/h4-9,12-13H,10-11H2,1-3H3,(H,22,23)(H2,21,24,25)/b14-12+. The van der Waals surface area contributed by atoms with Gasteiger partial charge in [0.15, 0.2) is 0 Å². The van der Waals surface area contributed by atoms with Gasteiger partial charge in [-0.1, -0.05) is 12.1 Å². The molecule has 150 valence electrons. The summed E-state index contributed by atoms with van der Waals surface area (Å²) in [6, 6.07) is 11.7. The summed E-state index contributed by atoms with van der Waals surface area (Å²) < 4.78 is 33.0. The van der Waals surface area contributed by atoms with E-state index in [0.29, 0.717) is 24.5 Å². The molecule has 0 aliphatic rings. The Kier molecular flexibility index (Phi) is 7.19. The second-order valence-electron chi connectivity index (χ2n) is 6.12. The van der Waals surface area contributed by atoms with Crippen molar-refractivity contribution < 1.29 is 22.7 Å². The highest BCUT2D eigenvalue weighted by atomic mass is 32.2. The second-order valence-corrected chi connectivity index (χ2v) is 7.68. The van der Waals surface area contributed by atoms with E-state index in [0.717, 1.165) is 16.7 Å². The van der Waals surface area contributed by atoms with Crippen molar-refractivity contribution in [2.75, 3.05) is 20.8 Å². The highest BCUT2D eigenvalue weighted by molar-refractivity contribution is 7.89. The molecule has 2 aromatic carbocycles. The van der Waals surface area contributed by atoms with E-state index in [1.165, 1.54) is 18.2 Å². The third-order valence-electron chi connectivity index (χ3n) is 4.15. The summed E-state index contributed by atoms with van der Waals surface area (Å²) >= 11 is 0. The van der Waals surface area contributed by atoms with Crippen LogP contribution in [0, 0.1) is 0 Å². The molecule has 0 bridgehead atoms. The zero-order valence-electron chi connectivity index (χ0n) is 16.1. The van der Waals surface area contributed by atoms with Crippen LogP contribution in [0.1, 0.15) is 18.1 Å². The molecular formula is C20H24N2O5S. The van der Waals surface area contributed by atoms with Crippen molar-refractivity contribution in [3.63, 3.8) is 0 Å². The molecule has 0 aliphatic carbocycles. The largest absolute Gasteiger partial charge is 0.497 e. The lowest BCUT2D eigenvalue weighted by Crippen LogP contribution is -2.23. The minimum atomic E-state index is -3.70. The van der Waals surface area contributed by atoms with Crippen molar-refractivity contribution >= 4 is 21.5 Å². The second kappa shape index (κ2) is 9.38. The molecule has 0 spiro atoms. The van der Waals surface area contributed by atoms with Gasteiger partial charge >= 0.3 is 0 Å². The summed E-state index contributed by atoms with van der Waals surface area (Å²) in [4.78, 5) is 12.2. The average molecular weight is 404 g/mol. The first-order valence-electron chi connectivity index (χ1n) is 8.55. The molecule has 1 amide bonds. The predicted octanol–water partition coefficient (Wildman–Crippen LogP) is 2.11. The number of benzene rings is 2. The van der Waals surface area contributed by atoms with Gasteiger partial charge < -0.3 is 14.8 Å². The van der Waals surface area contributed by atoms with Gasteiger partial charge in [-0.25, -0.2) is 13.6 Å². The first-order valence-corrected chi connectivity index (χ1v) is 10.1. The van der Waals surface area contributed by atoms with Gasteiger partial charge in [0.1, 0.15) is 11.5 Å². The van der Waals surface area contributed by atoms with Gasteiger partial charge in [0.25, 0.3) is 0 Å². The van der Waals surface area contributed by atoms with Crippen LogP contribution in [-0.2, 0) is 21.2 Å². The summed E-state index contributed by atoms with van der Waals surface area (Å²) in [6.45, 7) is 2.24. The molecule has 2 rings (SSSR count). The molecule has 0 atom stereocenters. The summed E-state index contributed by atoms with van der Waals surface area (Å²) in [5.41, 5.74) is 2.46. The number of carbonyl (C=O) groups excluding carboxylic acids is 1. The van der Waals surface area contributed by atoms with Gasteiger partial charge in [0.05, 0.1) is 19.1 Å². The molecule has 3 N–H and O–H groups in total. The lowest BCUT2D eigenvalue weighted by Gasteiger charge is -2.11. The fourth-order valence-electron chi connectivity index (χ4n) is 2.63. The fraction of sp³-hybridized carbons (Fsp3) is 0.250. The Morgan fingerprint density at radius 1 is 1.11 bits per heavy atom. The van der Waals surface area contributed by atoms with Crippen molar-refractivity contribution in [3.05, 3.63) is 59.7 Å². The molecule has 2 aromatic rings. The molecule has 0 heterocycles. The van der Waals surface area contributed by atoms with Crippen LogP contribution in [0.4, 0.5) is 0 Å². The van der Waals surface area contributed by atoms with Gasteiger partial charge in [-0.2, -0.15) is 0 Å². The Bertz CT molecular complexity index is 967. The molecule has 0 aliphatic heterocycles. The van der Waals surface area contributed by atoms with E-state index in [1.54, 1.807) is 38.5 Å². The van der Waals surface area contributed by atoms with Gasteiger partial charge in [-0.3, -0.25) is 4.79 Å². The number of amides is 1. The normalized spacial score (nSPS) is 11.8. The lowest BCUT2D eigenvalue weighted by molar-refractivity contribution is -0.116. The SMILES string of the molecule is COc1ccc(/C(C)=C/C(=O)NCCc2ccc(S(N)(=O)=O)cc2)c(OC)c1. The van der Waals surface area contributed by atoms with Crippen LogP contribution in [0.3, 0.4) is 0 Å². The Hall–Kier alpha value is -2.84. The molecule has 28 heavy (non-hydrogen) atoms. The van der Waals surface area contributed by atoms with E-state index in [-0.39, 0.29) is 10.8 Å². The summed E-state index contributed by atoms with van der Waals surface area (Å²) in [6.07, 6.45) is 2.07. The van der Waals surface area contributed by atoms with Gasteiger partial charge in [-0.15, -0.1) is 0 Å². The Morgan fingerprint density at radius 3 is 2.36 bits per heavy atom. The van der Waals surface area contributed by atoms with Crippen molar-refractivity contribution in [3.8, 4) is 11.5 Å². The van der Waals surface area contributed by atoms with Crippen LogP contribution >= 0.6 is 0 Å². The molecule has 0 fully saturated rings. The summed E-state index contributed by atoms with van der Waals surface area (Å²) in [7, 11) is -0.560. The van der Waals surface area contributed by atoms with Crippen molar-refractivity contribution in [1.29, 1.82) is 0 Å². The van der Waals surface area contributed by atoms with Crippen molar-refractivity contribution in [1.82, 2.24) is 5.32 Å². The number of hydrogen-bond acceptors (Lipinski definition) is 5. The molecule has 0 saturated heterocycles. The number of primary sulfonamides is 1. The zero-order chi connectivity index (χ0) is 20.7. The van der Waals surface area contributed by atoms with Crippen LogP contribution < -0.4 is 19.9 Å². The number of nitrogens with one attached hydrogen (secondary N) is 1. The van der Waals surface area contributed by atoms with Crippen LogP contribution in [0.15, 0.2) is 53.4 Å². The Labute approximate surface area is 165 Å². The van der Waals surface area contributed by atoms with Crippen molar-refractivity contribution in [2.24, 2.45) is 5.14 Å². The molecule has 7 nitrogen and oxygen atoms in total. The maximum atomic E-state index is 12.2. The maximum absolute atomic E-state index is 12.2. The van der Waals surface area contributed by atoms with E-state index in [1.807, 2.05) is 13.0 Å². The minimum Gasteiger partial charge on any atom is -0.497 e. The highest BCUT2D eigenvalue weighted by Crippen LogP contribution is 2.29. The third kappa shape index (κ3) is 5.83. The number of hydrogen-bond donors (Lipinski definition) is 2. The number of nitrogens with two attached hydrogens (primary N) is 1. The molecule has 8 heteroatoms. The average Bonchev–Trinajstić information content (AvgIpc) is 2.67. The number of sulfonamides is 1. The highest BCUT2D eigenvalue weighted by Gasteiger charge is 2.09. The maximum Gasteiger partial charge on any atom is 0.244 e. The number of methoxy groups -OCH3 is 2. The van der Waals surface area contributed by atoms with Crippen LogP contribution in [0.25, 0.3) is 5.57 Å². The fourth-order valence-corrected chi connectivity index (χ4v) is 3.14. The molecule has 0 aromatic heterocycles. The first-order chi connectivity index (χ1) is 13.2. The smallest absolute Gasteiger partial charge is 0.244 e. The quantitative estimate of drug-likeness (QED) is 0.655. The topological polar surface area (TPSA) is 108 Å². The van der Waals surface area contributed by atoms with E-state index in [4.69, 9.17) is 14.6 Å². The third-order valence-corrected chi connectivity index (χ3v) is 5.08. The van der Waals surface area contributed by atoms with Crippen LogP contribution in [-0.4, -0.2) is 35.1 Å². The van der Waals surface area contributed by atoms with Crippen LogP contribution in [0.2, 0.25) is 0 Å². The zero-order valence-corrected chi connectivity index (χ0v) is 16.9. The van der Waals surface area contributed by atoms with Gasteiger partial charge in [0, 0.05) is 24.3 Å². The molecule has 0 saturated carbocycles. The number of rotatable bonds is 8. The van der Waals surface area contributed by atoms with Crippen molar-refractivity contribution in [2.45, 2.75) is 18.2 Å². The minimum absolute atomic E-state index is 0.0623. The lowest BCUT2D eigenvalue weighted by atomic mass is 10.1. The van der Waals surface area contributed by atoms with E-state index < -0.39 is 10.0 Å². The van der Waals surface area contributed by atoms with Gasteiger partial charge in [0.2, 0.25) is 15.9 Å². The predicted molar refractivity (Wildman–Crippen MR) is 108 cm³/mol. The summed E-state index contributed by atoms with van der Waals surface area (Å²) in [5, 5.41) is 7.88. The monoisotopic (exact) mass is 404 g/mol. The van der Waals surface area contributed by atoms with E-state index in [9.17, 15) is 13.2 Å².